The van der Waals surface area contributed by atoms with Crippen LogP contribution in [0.3, 0.4) is 0 Å². The number of nitrogens with one attached hydrogen (secondary N) is 2. The van der Waals surface area contributed by atoms with Gasteiger partial charge in [-0.2, -0.15) is 13.2 Å². The largest absolute Gasteiger partial charge is 0.446 e. The number of alkyl halides is 3. The predicted octanol–water partition coefficient (Wildman–Crippen LogP) is 4.57. The van der Waals surface area contributed by atoms with E-state index in [0.29, 0.717) is 35.6 Å². The molecule has 2 aliphatic rings. The average Bonchev–Trinajstić information content (AvgIpc) is 3.41. The van der Waals surface area contributed by atoms with Crippen molar-refractivity contribution in [1.29, 1.82) is 0 Å². The molecule has 0 bridgehead atoms. The fourth-order valence-electron chi connectivity index (χ4n) is 3.50. The molecule has 4 rings (SSSR count). The molecule has 1 aromatic heterocycles. The number of carbonyl (C=O) groups excluding carboxylic acids is 1. The van der Waals surface area contributed by atoms with Crippen molar-refractivity contribution in [2.75, 3.05) is 0 Å². The van der Waals surface area contributed by atoms with Gasteiger partial charge in [-0.3, -0.25) is 9.59 Å². The molecule has 1 aliphatic carbocycles. The molecule has 0 spiro atoms. The zero-order chi connectivity index (χ0) is 20.6. The van der Waals surface area contributed by atoms with E-state index < -0.39 is 5.51 Å². The lowest BCUT2D eigenvalue weighted by molar-refractivity contribution is -0.119. The van der Waals surface area contributed by atoms with Crippen LogP contribution in [0.4, 0.5) is 13.2 Å². The summed E-state index contributed by atoms with van der Waals surface area (Å²) in [5, 5.41) is 2.86. The van der Waals surface area contributed by atoms with Gasteiger partial charge < -0.3 is 10.3 Å². The molecule has 1 atom stereocenters. The minimum absolute atomic E-state index is 0.0416. The second kappa shape index (κ2) is 7.74. The highest BCUT2D eigenvalue weighted by molar-refractivity contribution is 8.00. The summed E-state index contributed by atoms with van der Waals surface area (Å²) in [5.41, 5.74) is -1.79. The first kappa shape index (κ1) is 19.8. The van der Waals surface area contributed by atoms with E-state index in [1.54, 1.807) is 12.1 Å². The van der Waals surface area contributed by atoms with Crippen LogP contribution in [0, 0.1) is 0 Å². The Bertz CT molecular complexity index is 1010. The van der Waals surface area contributed by atoms with Crippen LogP contribution in [0.5, 0.6) is 0 Å². The Morgan fingerprint density at radius 3 is 2.31 bits per heavy atom. The van der Waals surface area contributed by atoms with E-state index in [9.17, 15) is 22.8 Å². The Labute approximate surface area is 169 Å². The first-order valence-electron chi connectivity index (χ1n) is 9.39. The third-order valence-electron chi connectivity index (χ3n) is 5.04. The average molecular weight is 420 g/mol. The number of H-pyrrole nitrogens is 1. The van der Waals surface area contributed by atoms with E-state index in [2.05, 4.69) is 10.3 Å². The van der Waals surface area contributed by atoms with Crippen molar-refractivity contribution in [1.82, 2.24) is 10.3 Å². The van der Waals surface area contributed by atoms with E-state index in [1.165, 1.54) is 12.1 Å². The lowest BCUT2D eigenvalue weighted by atomic mass is 9.98. The maximum absolute atomic E-state index is 12.6. The van der Waals surface area contributed by atoms with Crippen molar-refractivity contribution in [3.8, 4) is 0 Å². The lowest BCUT2D eigenvalue weighted by Gasteiger charge is -2.13. The van der Waals surface area contributed by atoms with E-state index in [0.717, 1.165) is 18.4 Å². The number of hydrogen-bond acceptors (Lipinski definition) is 3. The van der Waals surface area contributed by atoms with Crippen molar-refractivity contribution < 1.29 is 18.0 Å². The first-order chi connectivity index (χ1) is 13.8. The number of amides is 1. The molecule has 2 fully saturated rings. The van der Waals surface area contributed by atoms with Crippen LogP contribution in [0.25, 0.3) is 5.57 Å². The molecule has 1 saturated carbocycles. The summed E-state index contributed by atoms with van der Waals surface area (Å²) in [7, 11) is 0. The smallest absolute Gasteiger partial charge is 0.350 e. The van der Waals surface area contributed by atoms with E-state index in [1.807, 2.05) is 18.2 Å². The number of carbonyl (C=O) groups is 1. The molecule has 152 valence electrons. The monoisotopic (exact) mass is 420 g/mol. The fraction of sp³-hybridized carbons (Fsp3) is 0.333. The summed E-state index contributed by atoms with van der Waals surface area (Å²) >= 11 is -0.170. The minimum Gasteiger partial charge on any atom is -0.350 e. The maximum Gasteiger partial charge on any atom is 0.446 e. The van der Waals surface area contributed by atoms with Crippen LogP contribution in [0.15, 0.2) is 52.2 Å². The molecule has 2 aromatic rings. The van der Waals surface area contributed by atoms with Crippen molar-refractivity contribution >= 4 is 23.2 Å². The molecular weight excluding hydrogens is 401 g/mol. The number of pyridine rings is 1. The van der Waals surface area contributed by atoms with Gasteiger partial charge in [0, 0.05) is 34.2 Å². The van der Waals surface area contributed by atoms with Crippen molar-refractivity contribution in [2.45, 2.75) is 48.0 Å². The molecule has 1 saturated heterocycles. The Morgan fingerprint density at radius 2 is 1.76 bits per heavy atom. The standard InChI is InChI=1S/C21H19F3N2O2S/c22-21(23,24)29-15-6-3-13(4-7-15)17(11-14-5-10-19(27)25-14)18-9-8-16(12-1-2-12)20(28)26-18/h3-4,6-9,11-12,14H,1-2,5,10H2,(H,25,27)(H,26,28)/b17-11-/t14-/m1/s1. The zero-order valence-electron chi connectivity index (χ0n) is 15.4. The summed E-state index contributed by atoms with van der Waals surface area (Å²) in [4.78, 5) is 27.0. The van der Waals surface area contributed by atoms with E-state index in [-0.39, 0.29) is 34.2 Å². The normalized spacial score (nSPS) is 20.0. The fourth-order valence-corrected chi connectivity index (χ4v) is 4.04. The molecule has 0 radical (unpaired) electrons. The highest BCUT2D eigenvalue weighted by Crippen LogP contribution is 2.39. The van der Waals surface area contributed by atoms with Crippen molar-refractivity contribution in [3.63, 3.8) is 0 Å². The molecular formula is C21H19F3N2O2S. The number of thioether (sulfide) groups is 1. The second-order valence-electron chi connectivity index (χ2n) is 7.30. The SMILES string of the molecule is O=C1CC[C@H](/C=C(/c2ccc(SC(F)(F)F)cc2)c2ccc(C3CC3)c(=O)[nH]2)N1. The summed E-state index contributed by atoms with van der Waals surface area (Å²) in [6, 6.07) is 9.48. The summed E-state index contributed by atoms with van der Waals surface area (Å²) in [6.07, 6.45) is 4.94. The molecule has 2 heterocycles. The topological polar surface area (TPSA) is 62.0 Å². The van der Waals surface area contributed by atoms with Gasteiger partial charge >= 0.3 is 5.51 Å². The quantitative estimate of drug-likeness (QED) is 0.697. The minimum atomic E-state index is -4.35. The summed E-state index contributed by atoms with van der Waals surface area (Å²) < 4.78 is 37.8. The first-order valence-corrected chi connectivity index (χ1v) is 10.2. The molecule has 8 heteroatoms. The van der Waals surface area contributed by atoms with Gasteiger partial charge in [-0.25, -0.2) is 0 Å². The van der Waals surface area contributed by atoms with Crippen LogP contribution < -0.4 is 10.9 Å². The second-order valence-corrected chi connectivity index (χ2v) is 8.43. The molecule has 1 aromatic carbocycles. The summed E-state index contributed by atoms with van der Waals surface area (Å²) in [5.74, 6) is 0.271. The third-order valence-corrected chi connectivity index (χ3v) is 5.78. The Morgan fingerprint density at radius 1 is 1.03 bits per heavy atom. The van der Waals surface area contributed by atoms with Gasteiger partial charge in [-0.05, 0) is 60.7 Å². The van der Waals surface area contributed by atoms with E-state index in [4.69, 9.17) is 0 Å². The van der Waals surface area contributed by atoms with Crippen LogP contribution in [0.2, 0.25) is 0 Å². The van der Waals surface area contributed by atoms with E-state index >= 15 is 0 Å². The van der Waals surface area contributed by atoms with Gasteiger partial charge in [-0.15, -0.1) is 0 Å². The summed E-state index contributed by atoms with van der Waals surface area (Å²) in [6.45, 7) is 0. The van der Waals surface area contributed by atoms with Crippen LogP contribution >= 0.6 is 11.8 Å². The zero-order valence-corrected chi connectivity index (χ0v) is 16.2. The molecule has 0 unspecified atom stereocenters. The number of benzene rings is 1. The van der Waals surface area contributed by atoms with Crippen molar-refractivity contribution in [2.24, 2.45) is 0 Å². The van der Waals surface area contributed by atoms with Crippen molar-refractivity contribution in [3.05, 3.63) is 69.6 Å². The Hall–Kier alpha value is -2.48. The number of hydrogen-bond donors (Lipinski definition) is 2. The van der Waals surface area contributed by atoms with Gasteiger partial charge in [0.05, 0.1) is 0 Å². The maximum atomic E-state index is 12.6. The predicted molar refractivity (Wildman–Crippen MR) is 106 cm³/mol. The van der Waals surface area contributed by atoms with Gasteiger partial charge in [0.1, 0.15) is 0 Å². The number of rotatable bonds is 5. The third kappa shape index (κ3) is 4.93. The van der Waals surface area contributed by atoms with Gasteiger partial charge in [0.2, 0.25) is 5.91 Å². The molecule has 4 nitrogen and oxygen atoms in total. The molecule has 2 N–H and O–H groups in total. The Kier molecular flexibility index (Phi) is 5.29. The van der Waals surface area contributed by atoms with Gasteiger partial charge in [0.25, 0.3) is 5.56 Å². The highest BCUT2D eigenvalue weighted by Gasteiger charge is 2.29. The Balaban J connectivity index is 1.69. The lowest BCUT2D eigenvalue weighted by Crippen LogP contribution is -2.23. The van der Waals surface area contributed by atoms with Crippen LogP contribution in [-0.2, 0) is 4.79 Å². The molecule has 29 heavy (non-hydrogen) atoms. The van der Waals surface area contributed by atoms with Gasteiger partial charge in [-0.1, -0.05) is 24.3 Å². The molecule has 1 aliphatic heterocycles. The van der Waals surface area contributed by atoms with Crippen LogP contribution in [0.1, 0.15) is 48.4 Å². The number of aromatic amines is 1. The molecule has 1 amide bonds. The van der Waals surface area contributed by atoms with Gasteiger partial charge in [0.15, 0.2) is 0 Å². The van der Waals surface area contributed by atoms with Crippen LogP contribution in [-0.4, -0.2) is 22.4 Å². The number of aromatic nitrogens is 1. The highest BCUT2D eigenvalue weighted by atomic mass is 32.2. The number of halogens is 3.